The summed E-state index contributed by atoms with van der Waals surface area (Å²) >= 11 is 0. The van der Waals surface area contributed by atoms with E-state index in [9.17, 15) is 13.6 Å². The number of carbonyl (C=O) groups is 1. The third-order valence-corrected chi connectivity index (χ3v) is 3.23. The number of hydrogen-bond donors (Lipinski definition) is 1. The van der Waals surface area contributed by atoms with Crippen molar-refractivity contribution < 1.29 is 13.6 Å². The summed E-state index contributed by atoms with van der Waals surface area (Å²) in [5.74, 6) is -2.05. The summed E-state index contributed by atoms with van der Waals surface area (Å²) in [6, 6.07) is 5.20. The fraction of sp³-hybridized carbons (Fsp3) is 0.267. The minimum atomic E-state index is -0.922. The van der Waals surface area contributed by atoms with Gasteiger partial charge >= 0.3 is 0 Å². The van der Waals surface area contributed by atoms with Crippen molar-refractivity contribution in [1.82, 2.24) is 9.47 Å². The van der Waals surface area contributed by atoms with Crippen LogP contribution in [0.5, 0.6) is 0 Å². The van der Waals surface area contributed by atoms with E-state index in [1.165, 1.54) is 11.0 Å². The average molecular weight is 293 g/mol. The summed E-state index contributed by atoms with van der Waals surface area (Å²) in [6.45, 7) is 2.72. The van der Waals surface area contributed by atoms with Gasteiger partial charge in [0.15, 0.2) is 11.6 Å². The van der Waals surface area contributed by atoms with E-state index in [-0.39, 0.29) is 12.5 Å². The second kappa shape index (κ2) is 5.95. The van der Waals surface area contributed by atoms with Crippen molar-refractivity contribution in [2.24, 2.45) is 0 Å². The molecule has 21 heavy (non-hydrogen) atoms. The van der Waals surface area contributed by atoms with Crippen LogP contribution in [0.3, 0.4) is 0 Å². The summed E-state index contributed by atoms with van der Waals surface area (Å²) in [7, 11) is 1.60. The molecule has 1 amide bonds. The van der Waals surface area contributed by atoms with Gasteiger partial charge in [-0.25, -0.2) is 8.78 Å². The third-order valence-electron chi connectivity index (χ3n) is 3.23. The van der Waals surface area contributed by atoms with E-state index in [0.29, 0.717) is 23.5 Å². The van der Waals surface area contributed by atoms with Crippen LogP contribution in [0, 0.1) is 11.6 Å². The summed E-state index contributed by atoms with van der Waals surface area (Å²) in [4.78, 5) is 13.8. The monoisotopic (exact) mass is 293 g/mol. The smallest absolute Gasteiger partial charge is 0.270 e. The second-order valence-corrected chi connectivity index (χ2v) is 4.85. The zero-order valence-corrected chi connectivity index (χ0v) is 11.9. The van der Waals surface area contributed by atoms with Gasteiger partial charge in [0.25, 0.3) is 5.91 Å². The van der Waals surface area contributed by atoms with Gasteiger partial charge < -0.3 is 15.2 Å². The zero-order valence-electron chi connectivity index (χ0n) is 11.9. The van der Waals surface area contributed by atoms with Crippen LogP contribution in [0.15, 0.2) is 30.5 Å². The molecule has 2 rings (SSSR count). The van der Waals surface area contributed by atoms with Gasteiger partial charge in [0.1, 0.15) is 5.69 Å². The van der Waals surface area contributed by atoms with Crippen LogP contribution in [-0.2, 0) is 13.1 Å². The highest BCUT2D eigenvalue weighted by Crippen LogP contribution is 2.15. The van der Waals surface area contributed by atoms with Crippen LogP contribution in [0.4, 0.5) is 14.5 Å². The lowest BCUT2D eigenvalue weighted by atomic mass is 10.2. The van der Waals surface area contributed by atoms with E-state index in [4.69, 9.17) is 5.73 Å². The predicted molar refractivity (Wildman–Crippen MR) is 76.7 cm³/mol. The van der Waals surface area contributed by atoms with Gasteiger partial charge in [-0.15, -0.1) is 0 Å². The standard InChI is InChI=1S/C15H17F2N3O/c1-3-20-9-11(18)7-14(20)15(21)19(2)8-10-4-5-12(16)13(17)6-10/h4-7,9H,3,8,18H2,1-2H3. The van der Waals surface area contributed by atoms with E-state index in [0.717, 1.165) is 12.1 Å². The van der Waals surface area contributed by atoms with Gasteiger partial charge in [0.05, 0.1) is 5.69 Å². The molecule has 0 aliphatic carbocycles. The lowest BCUT2D eigenvalue weighted by molar-refractivity contribution is 0.0774. The van der Waals surface area contributed by atoms with Gasteiger partial charge in [0.2, 0.25) is 0 Å². The first-order valence-electron chi connectivity index (χ1n) is 6.57. The molecule has 1 aromatic heterocycles. The average Bonchev–Trinajstić information content (AvgIpc) is 2.83. The maximum atomic E-state index is 13.2. The van der Waals surface area contributed by atoms with E-state index >= 15 is 0 Å². The normalized spacial score (nSPS) is 10.7. The third kappa shape index (κ3) is 3.21. The Hall–Kier alpha value is -2.37. The number of nitrogens with two attached hydrogens (primary N) is 1. The SMILES string of the molecule is CCn1cc(N)cc1C(=O)N(C)Cc1ccc(F)c(F)c1. The number of benzene rings is 1. The fourth-order valence-electron chi connectivity index (χ4n) is 2.15. The van der Waals surface area contributed by atoms with Crippen molar-refractivity contribution in [3.8, 4) is 0 Å². The number of rotatable bonds is 4. The maximum absolute atomic E-state index is 13.2. The number of carbonyl (C=O) groups excluding carboxylic acids is 1. The molecule has 2 aromatic rings. The van der Waals surface area contributed by atoms with E-state index < -0.39 is 11.6 Å². The summed E-state index contributed by atoms with van der Waals surface area (Å²) in [5.41, 5.74) is 7.21. The Morgan fingerprint density at radius 1 is 1.29 bits per heavy atom. The van der Waals surface area contributed by atoms with Crippen molar-refractivity contribution in [3.05, 3.63) is 53.4 Å². The highest BCUT2D eigenvalue weighted by atomic mass is 19.2. The summed E-state index contributed by atoms with van der Waals surface area (Å²) in [5, 5.41) is 0. The van der Waals surface area contributed by atoms with Crippen molar-refractivity contribution in [2.45, 2.75) is 20.0 Å². The Bertz CT molecular complexity index is 667. The highest BCUT2D eigenvalue weighted by molar-refractivity contribution is 5.93. The molecule has 2 N–H and O–H groups in total. The lowest BCUT2D eigenvalue weighted by Gasteiger charge is -2.18. The van der Waals surface area contributed by atoms with E-state index in [2.05, 4.69) is 0 Å². The Kier molecular flexibility index (Phi) is 4.26. The number of nitrogen functional groups attached to an aromatic ring is 1. The first-order valence-corrected chi connectivity index (χ1v) is 6.57. The molecular weight excluding hydrogens is 276 g/mol. The minimum absolute atomic E-state index is 0.185. The molecule has 0 saturated carbocycles. The number of hydrogen-bond acceptors (Lipinski definition) is 2. The van der Waals surface area contributed by atoms with E-state index in [1.807, 2.05) is 6.92 Å². The molecule has 112 valence electrons. The first kappa shape index (κ1) is 15.0. The quantitative estimate of drug-likeness (QED) is 0.942. The Labute approximate surface area is 121 Å². The molecule has 0 aliphatic heterocycles. The Balaban J connectivity index is 2.17. The van der Waals surface area contributed by atoms with Crippen LogP contribution < -0.4 is 5.73 Å². The number of aromatic nitrogens is 1. The van der Waals surface area contributed by atoms with Crippen molar-refractivity contribution in [1.29, 1.82) is 0 Å². The van der Waals surface area contributed by atoms with Crippen molar-refractivity contribution in [3.63, 3.8) is 0 Å². The van der Waals surface area contributed by atoms with Crippen molar-refractivity contribution >= 4 is 11.6 Å². The van der Waals surface area contributed by atoms with E-state index in [1.54, 1.807) is 23.9 Å². The molecule has 1 heterocycles. The fourth-order valence-corrected chi connectivity index (χ4v) is 2.15. The van der Waals surface area contributed by atoms with Gasteiger partial charge in [-0.1, -0.05) is 6.07 Å². The lowest BCUT2D eigenvalue weighted by Crippen LogP contribution is -2.28. The zero-order chi connectivity index (χ0) is 15.6. The van der Waals surface area contributed by atoms with Gasteiger partial charge in [-0.2, -0.15) is 0 Å². The van der Waals surface area contributed by atoms with Crippen LogP contribution in [0.25, 0.3) is 0 Å². The van der Waals surface area contributed by atoms with Crippen LogP contribution in [0.2, 0.25) is 0 Å². The minimum Gasteiger partial charge on any atom is -0.397 e. The molecule has 0 bridgehead atoms. The number of aryl methyl sites for hydroxylation is 1. The molecule has 6 heteroatoms. The van der Waals surface area contributed by atoms with Crippen LogP contribution in [-0.4, -0.2) is 22.4 Å². The molecule has 0 unspecified atom stereocenters. The Morgan fingerprint density at radius 2 is 2.00 bits per heavy atom. The van der Waals surface area contributed by atoms with Gasteiger partial charge in [0, 0.05) is 26.3 Å². The predicted octanol–water partition coefficient (Wildman–Crippen LogP) is 2.64. The number of nitrogens with zero attached hydrogens (tertiary/aromatic N) is 2. The van der Waals surface area contributed by atoms with Crippen LogP contribution >= 0.6 is 0 Å². The highest BCUT2D eigenvalue weighted by Gasteiger charge is 2.17. The molecular formula is C15H17F2N3O. The molecule has 0 atom stereocenters. The number of amides is 1. The molecule has 0 radical (unpaired) electrons. The molecule has 1 aromatic carbocycles. The largest absolute Gasteiger partial charge is 0.397 e. The second-order valence-electron chi connectivity index (χ2n) is 4.85. The molecule has 4 nitrogen and oxygen atoms in total. The topological polar surface area (TPSA) is 51.3 Å². The summed E-state index contributed by atoms with van der Waals surface area (Å²) < 4.78 is 27.8. The Morgan fingerprint density at radius 3 is 2.62 bits per heavy atom. The first-order chi connectivity index (χ1) is 9.92. The van der Waals surface area contributed by atoms with Gasteiger partial charge in [-0.3, -0.25) is 4.79 Å². The molecule has 0 fully saturated rings. The van der Waals surface area contributed by atoms with Crippen molar-refractivity contribution in [2.75, 3.05) is 12.8 Å². The summed E-state index contributed by atoms with van der Waals surface area (Å²) in [6.07, 6.45) is 1.69. The van der Waals surface area contributed by atoms with Crippen LogP contribution in [0.1, 0.15) is 23.0 Å². The number of halogens is 2. The maximum Gasteiger partial charge on any atom is 0.270 e. The molecule has 0 aliphatic rings. The number of anilines is 1. The molecule has 0 spiro atoms. The molecule has 0 saturated heterocycles. The van der Waals surface area contributed by atoms with Gasteiger partial charge in [-0.05, 0) is 30.7 Å².